The maximum atomic E-state index is 9.46. The molecule has 0 saturated heterocycles. The number of nitrogens with zero attached hydrogens (tertiary/aromatic N) is 1. The van der Waals surface area contributed by atoms with Gasteiger partial charge in [-0.05, 0) is 17.7 Å². The molecule has 1 atom stereocenters. The molecule has 0 amide bonds. The number of aromatic hydroxyl groups is 1. The molecule has 74 valence electrons. The Hall–Kier alpha value is -1.57. The number of aliphatic hydroxyl groups excluding tert-OH is 1. The van der Waals surface area contributed by atoms with Gasteiger partial charge in [-0.2, -0.15) is 5.26 Å². The fourth-order valence-electron chi connectivity index (χ4n) is 1.21. The van der Waals surface area contributed by atoms with Crippen LogP contribution in [-0.4, -0.2) is 10.2 Å². The van der Waals surface area contributed by atoms with Crippen molar-refractivity contribution < 1.29 is 10.2 Å². The number of rotatable bonds is 3. The van der Waals surface area contributed by atoms with Crippen LogP contribution in [0.1, 0.15) is 23.6 Å². The maximum absolute atomic E-state index is 9.46. The van der Waals surface area contributed by atoms with E-state index in [0.717, 1.165) is 0 Å². The van der Waals surface area contributed by atoms with Gasteiger partial charge in [0.1, 0.15) is 5.75 Å². The summed E-state index contributed by atoms with van der Waals surface area (Å²) in [6, 6.07) is 6.11. The van der Waals surface area contributed by atoms with Gasteiger partial charge in [-0.25, -0.2) is 0 Å². The molecule has 0 spiro atoms. The van der Waals surface area contributed by atoms with E-state index >= 15 is 0 Å². The van der Waals surface area contributed by atoms with E-state index in [4.69, 9.17) is 16.1 Å². The molecule has 0 aliphatic heterocycles. The monoisotopic (exact) mass is 192 g/mol. The third-order valence-electron chi connectivity index (χ3n) is 1.99. The summed E-state index contributed by atoms with van der Waals surface area (Å²) in [7, 11) is 0. The highest BCUT2D eigenvalue weighted by molar-refractivity contribution is 5.38. The minimum Gasteiger partial charge on any atom is -0.508 e. The highest BCUT2D eigenvalue weighted by Crippen LogP contribution is 2.25. The van der Waals surface area contributed by atoms with Crippen LogP contribution in [-0.2, 0) is 6.61 Å². The van der Waals surface area contributed by atoms with Gasteiger partial charge in [-0.15, -0.1) is 0 Å². The number of hydrogen-bond acceptors (Lipinski definition) is 4. The lowest BCUT2D eigenvalue weighted by molar-refractivity contribution is 0.281. The van der Waals surface area contributed by atoms with E-state index in [9.17, 15) is 5.11 Å². The Kier molecular flexibility index (Phi) is 3.46. The smallest absolute Gasteiger partial charge is 0.120 e. The first kappa shape index (κ1) is 10.5. The Morgan fingerprint density at radius 2 is 2.21 bits per heavy atom. The number of hydrogen-bond donors (Lipinski definition) is 3. The maximum Gasteiger partial charge on any atom is 0.120 e. The van der Waals surface area contributed by atoms with Gasteiger partial charge in [0.25, 0.3) is 0 Å². The molecular weight excluding hydrogens is 180 g/mol. The molecule has 0 aliphatic rings. The molecular formula is C10H12N2O2. The van der Waals surface area contributed by atoms with Crippen LogP contribution in [0, 0.1) is 11.3 Å². The van der Waals surface area contributed by atoms with Crippen LogP contribution >= 0.6 is 0 Å². The molecule has 4 N–H and O–H groups in total. The molecule has 14 heavy (non-hydrogen) atoms. The van der Waals surface area contributed by atoms with Crippen molar-refractivity contribution in [1.29, 1.82) is 5.26 Å². The Bertz CT molecular complexity index is 358. The van der Waals surface area contributed by atoms with Crippen LogP contribution in [0.5, 0.6) is 5.75 Å². The lowest BCUT2D eigenvalue weighted by Gasteiger charge is -2.11. The minimum absolute atomic E-state index is 0.0601. The van der Waals surface area contributed by atoms with Crippen molar-refractivity contribution in [1.82, 2.24) is 0 Å². The molecule has 0 heterocycles. The average Bonchev–Trinajstić information content (AvgIpc) is 2.19. The first-order valence-corrected chi connectivity index (χ1v) is 4.24. The van der Waals surface area contributed by atoms with Gasteiger partial charge in [0.05, 0.1) is 19.1 Å². The second kappa shape index (κ2) is 4.61. The first-order chi connectivity index (χ1) is 6.69. The molecule has 1 aromatic carbocycles. The molecule has 0 radical (unpaired) electrons. The summed E-state index contributed by atoms with van der Waals surface area (Å²) in [5.41, 5.74) is 6.84. The third-order valence-corrected chi connectivity index (χ3v) is 1.99. The normalized spacial score (nSPS) is 12.1. The quantitative estimate of drug-likeness (QED) is 0.660. The van der Waals surface area contributed by atoms with Gasteiger partial charge in [-0.1, -0.05) is 6.07 Å². The van der Waals surface area contributed by atoms with E-state index < -0.39 is 6.04 Å². The zero-order valence-electron chi connectivity index (χ0n) is 7.64. The van der Waals surface area contributed by atoms with E-state index in [1.165, 1.54) is 6.07 Å². The molecule has 4 heteroatoms. The molecule has 1 aromatic rings. The van der Waals surface area contributed by atoms with Crippen molar-refractivity contribution in [3.05, 3.63) is 29.3 Å². The van der Waals surface area contributed by atoms with Gasteiger partial charge >= 0.3 is 0 Å². The Labute approximate surface area is 82.2 Å². The van der Waals surface area contributed by atoms with E-state index in [1.807, 2.05) is 6.07 Å². The molecule has 1 rings (SSSR count). The average molecular weight is 192 g/mol. The lowest BCUT2D eigenvalue weighted by Crippen LogP contribution is -2.09. The molecule has 0 saturated carbocycles. The van der Waals surface area contributed by atoms with E-state index in [0.29, 0.717) is 11.1 Å². The highest BCUT2D eigenvalue weighted by Gasteiger charge is 2.10. The summed E-state index contributed by atoms with van der Waals surface area (Å²) < 4.78 is 0. The van der Waals surface area contributed by atoms with Gasteiger partial charge in [0, 0.05) is 11.6 Å². The predicted octanol–water partition coefficient (Wildman–Crippen LogP) is 0.798. The second-order valence-corrected chi connectivity index (χ2v) is 3.02. The van der Waals surface area contributed by atoms with Crippen molar-refractivity contribution in [3.63, 3.8) is 0 Å². The first-order valence-electron chi connectivity index (χ1n) is 4.24. The Morgan fingerprint density at radius 3 is 2.79 bits per heavy atom. The standard InChI is InChI=1S/C10H12N2O2/c11-4-3-9(12)8-5-7(6-13)1-2-10(8)14/h1-2,5,9,13-14H,3,6,12H2/t9-/m0/s1. The molecule has 0 bridgehead atoms. The zero-order valence-corrected chi connectivity index (χ0v) is 7.64. The van der Waals surface area contributed by atoms with Gasteiger partial charge in [0.15, 0.2) is 0 Å². The highest BCUT2D eigenvalue weighted by atomic mass is 16.3. The number of nitrogens with two attached hydrogens (primary N) is 1. The number of phenolic OH excluding ortho intramolecular Hbond substituents is 1. The van der Waals surface area contributed by atoms with E-state index in [2.05, 4.69) is 0 Å². The number of aliphatic hydroxyl groups is 1. The van der Waals surface area contributed by atoms with Gasteiger partial charge in [0.2, 0.25) is 0 Å². The molecule has 0 fully saturated rings. The van der Waals surface area contributed by atoms with Gasteiger partial charge in [-0.3, -0.25) is 0 Å². The summed E-state index contributed by atoms with van der Waals surface area (Å²) in [6.45, 7) is -0.105. The largest absolute Gasteiger partial charge is 0.508 e. The number of benzene rings is 1. The van der Waals surface area contributed by atoms with Crippen LogP contribution in [0.4, 0.5) is 0 Å². The van der Waals surface area contributed by atoms with Crippen molar-refractivity contribution in [3.8, 4) is 11.8 Å². The summed E-state index contributed by atoms with van der Waals surface area (Å²) >= 11 is 0. The summed E-state index contributed by atoms with van der Waals surface area (Å²) in [5, 5.41) is 26.8. The van der Waals surface area contributed by atoms with E-state index in [-0.39, 0.29) is 18.8 Å². The van der Waals surface area contributed by atoms with E-state index in [1.54, 1.807) is 12.1 Å². The summed E-state index contributed by atoms with van der Waals surface area (Å²) in [4.78, 5) is 0. The zero-order chi connectivity index (χ0) is 10.6. The molecule has 0 unspecified atom stereocenters. The van der Waals surface area contributed by atoms with Crippen molar-refractivity contribution in [2.75, 3.05) is 0 Å². The fourth-order valence-corrected chi connectivity index (χ4v) is 1.21. The lowest BCUT2D eigenvalue weighted by atomic mass is 10.0. The third kappa shape index (κ3) is 2.22. The SMILES string of the molecule is N#CC[C@H](N)c1cc(CO)ccc1O. The van der Waals surface area contributed by atoms with Crippen molar-refractivity contribution in [2.24, 2.45) is 5.73 Å². The summed E-state index contributed by atoms with van der Waals surface area (Å²) in [6.07, 6.45) is 0.141. The second-order valence-electron chi connectivity index (χ2n) is 3.02. The number of nitriles is 1. The van der Waals surface area contributed by atoms with Crippen LogP contribution in [0.3, 0.4) is 0 Å². The minimum atomic E-state index is -0.508. The fraction of sp³-hybridized carbons (Fsp3) is 0.300. The Morgan fingerprint density at radius 1 is 1.50 bits per heavy atom. The van der Waals surface area contributed by atoms with Crippen molar-refractivity contribution in [2.45, 2.75) is 19.1 Å². The summed E-state index contributed by atoms with van der Waals surface area (Å²) in [5.74, 6) is 0.0601. The molecule has 0 aromatic heterocycles. The van der Waals surface area contributed by atoms with Crippen LogP contribution in [0.15, 0.2) is 18.2 Å². The van der Waals surface area contributed by atoms with Gasteiger partial charge < -0.3 is 15.9 Å². The predicted molar refractivity (Wildman–Crippen MR) is 51.2 cm³/mol. The molecule has 0 aliphatic carbocycles. The van der Waals surface area contributed by atoms with Crippen molar-refractivity contribution >= 4 is 0 Å². The topological polar surface area (TPSA) is 90.3 Å². The Balaban J connectivity index is 3.00. The molecule has 4 nitrogen and oxygen atoms in total. The van der Waals surface area contributed by atoms with Crippen LogP contribution in [0.25, 0.3) is 0 Å². The van der Waals surface area contributed by atoms with Crippen LogP contribution in [0.2, 0.25) is 0 Å². The van der Waals surface area contributed by atoms with Crippen LogP contribution < -0.4 is 5.73 Å². The number of phenols is 1.